The number of benzene rings is 2. The van der Waals surface area contributed by atoms with Gasteiger partial charge in [-0.25, -0.2) is 0 Å². The van der Waals surface area contributed by atoms with E-state index in [0.29, 0.717) is 0 Å². The molecule has 0 saturated heterocycles. The fourth-order valence-corrected chi connectivity index (χ4v) is 1.37. The van der Waals surface area contributed by atoms with Crippen LogP contribution in [0.5, 0.6) is 0 Å². The first-order chi connectivity index (χ1) is 7.84. The molecule has 2 nitrogen and oxygen atoms in total. The smallest absolute Gasteiger partial charge is 0.0562 e. The summed E-state index contributed by atoms with van der Waals surface area (Å²) in [6.07, 6.45) is 1.77. The molecule has 2 aromatic carbocycles. The molecule has 0 spiro atoms. The van der Waals surface area contributed by atoms with Gasteiger partial charge in [0.1, 0.15) is 0 Å². The molecule has 1 N–H and O–H groups in total. The minimum Gasteiger partial charge on any atom is -0.279 e. The molecule has 80 valence electrons. The Kier molecular flexibility index (Phi) is 3.57. The van der Waals surface area contributed by atoms with Crippen LogP contribution in [0.3, 0.4) is 0 Å². The number of nitrogens with one attached hydrogen (secondary N) is 1. The van der Waals surface area contributed by atoms with Crippen LogP contribution in [0.25, 0.3) is 0 Å². The van der Waals surface area contributed by atoms with E-state index in [4.69, 9.17) is 11.6 Å². The maximum atomic E-state index is 5.78. The summed E-state index contributed by atoms with van der Waals surface area (Å²) in [4.78, 5) is 0. The largest absolute Gasteiger partial charge is 0.279 e. The zero-order valence-corrected chi connectivity index (χ0v) is 9.35. The van der Waals surface area contributed by atoms with Crippen molar-refractivity contribution in [2.45, 2.75) is 0 Å². The van der Waals surface area contributed by atoms with Crippen molar-refractivity contribution in [3.8, 4) is 0 Å². The van der Waals surface area contributed by atoms with Gasteiger partial charge in [0, 0.05) is 5.02 Å². The van der Waals surface area contributed by atoms with Crippen LogP contribution in [0.1, 0.15) is 5.56 Å². The Balaban J connectivity index is 1.97. The summed E-state index contributed by atoms with van der Waals surface area (Å²) in [6.45, 7) is 0. The van der Waals surface area contributed by atoms with Gasteiger partial charge in [-0.05, 0) is 29.8 Å². The van der Waals surface area contributed by atoms with Crippen molar-refractivity contribution in [2.75, 3.05) is 5.43 Å². The first kappa shape index (κ1) is 10.7. The Labute approximate surface area is 99.6 Å². The van der Waals surface area contributed by atoms with E-state index in [1.807, 2.05) is 54.6 Å². The van der Waals surface area contributed by atoms with Crippen molar-refractivity contribution in [2.24, 2.45) is 5.10 Å². The normalized spacial score (nSPS) is 10.6. The number of halogens is 1. The third-order valence-electron chi connectivity index (χ3n) is 2.05. The number of nitrogens with zero attached hydrogens (tertiary/aromatic N) is 1. The zero-order valence-electron chi connectivity index (χ0n) is 8.60. The molecular weight excluding hydrogens is 220 g/mol. The Morgan fingerprint density at radius 1 is 0.938 bits per heavy atom. The molecule has 0 fully saturated rings. The summed E-state index contributed by atoms with van der Waals surface area (Å²) in [7, 11) is 0. The molecule has 3 heteroatoms. The molecule has 0 radical (unpaired) electrons. The lowest BCUT2D eigenvalue weighted by atomic mass is 10.2. The number of hydrogen-bond donors (Lipinski definition) is 1. The van der Waals surface area contributed by atoms with Crippen LogP contribution >= 0.6 is 11.6 Å². The molecule has 0 aliphatic carbocycles. The predicted octanol–water partition coefficient (Wildman–Crippen LogP) is 3.79. The van der Waals surface area contributed by atoms with Crippen LogP contribution in [0.2, 0.25) is 5.02 Å². The SMILES string of the molecule is Clc1ccc(N/N=C\c2ccccc2)cc1. The van der Waals surface area contributed by atoms with Crippen molar-refractivity contribution in [1.29, 1.82) is 0 Å². The first-order valence-electron chi connectivity index (χ1n) is 4.94. The molecule has 0 unspecified atom stereocenters. The average molecular weight is 231 g/mol. The second-order valence-electron chi connectivity index (χ2n) is 3.29. The molecule has 0 saturated carbocycles. The fourth-order valence-electron chi connectivity index (χ4n) is 1.24. The van der Waals surface area contributed by atoms with E-state index in [2.05, 4.69) is 10.5 Å². The molecular formula is C13H11ClN2. The van der Waals surface area contributed by atoms with Gasteiger partial charge in [0.2, 0.25) is 0 Å². The second-order valence-corrected chi connectivity index (χ2v) is 3.72. The van der Waals surface area contributed by atoms with E-state index >= 15 is 0 Å². The molecule has 0 aliphatic rings. The fraction of sp³-hybridized carbons (Fsp3) is 0. The lowest BCUT2D eigenvalue weighted by Gasteiger charge is -1.99. The molecule has 0 aliphatic heterocycles. The van der Waals surface area contributed by atoms with Gasteiger partial charge >= 0.3 is 0 Å². The van der Waals surface area contributed by atoms with Crippen molar-refractivity contribution < 1.29 is 0 Å². The summed E-state index contributed by atoms with van der Waals surface area (Å²) in [5, 5.41) is 4.84. The highest BCUT2D eigenvalue weighted by Crippen LogP contribution is 2.13. The Morgan fingerprint density at radius 2 is 1.62 bits per heavy atom. The first-order valence-corrected chi connectivity index (χ1v) is 5.32. The standard InChI is InChI=1S/C13H11ClN2/c14-12-6-8-13(9-7-12)16-15-10-11-4-2-1-3-5-11/h1-10,16H/b15-10-. The third kappa shape index (κ3) is 3.11. The predicted molar refractivity (Wildman–Crippen MR) is 69.1 cm³/mol. The lowest BCUT2D eigenvalue weighted by Crippen LogP contribution is -1.89. The van der Waals surface area contributed by atoms with Crippen molar-refractivity contribution >= 4 is 23.5 Å². The van der Waals surface area contributed by atoms with E-state index in [-0.39, 0.29) is 0 Å². The Bertz CT molecular complexity index is 463. The van der Waals surface area contributed by atoms with Crippen molar-refractivity contribution in [3.63, 3.8) is 0 Å². The van der Waals surface area contributed by atoms with E-state index < -0.39 is 0 Å². The third-order valence-corrected chi connectivity index (χ3v) is 2.30. The van der Waals surface area contributed by atoms with Crippen LogP contribution in [0.4, 0.5) is 5.69 Å². The van der Waals surface area contributed by atoms with Gasteiger partial charge in [-0.3, -0.25) is 5.43 Å². The van der Waals surface area contributed by atoms with Crippen LogP contribution in [0, 0.1) is 0 Å². The van der Waals surface area contributed by atoms with Gasteiger partial charge in [0.25, 0.3) is 0 Å². The number of anilines is 1. The van der Waals surface area contributed by atoms with E-state index in [1.54, 1.807) is 6.21 Å². The molecule has 2 aromatic rings. The van der Waals surface area contributed by atoms with Crippen LogP contribution in [-0.2, 0) is 0 Å². The molecule has 2 rings (SSSR count). The van der Waals surface area contributed by atoms with Crippen LogP contribution < -0.4 is 5.43 Å². The minimum atomic E-state index is 0.720. The molecule has 0 amide bonds. The van der Waals surface area contributed by atoms with Gasteiger partial charge in [-0.1, -0.05) is 41.9 Å². The molecule has 0 aromatic heterocycles. The minimum absolute atomic E-state index is 0.720. The second kappa shape index (κ2) is 5.33. The summed E-state index contributed by atoms with van der Waals surface area (Å²) in [6, 6.07) is 17.3. The Morgan fingerprint density at radius 3 is 2.31 bits per heavy atom. The number of rotatable bonds is 3. The lowest BCUT2D eigenvalue weighted by molar-refractivity contribution is 1.35. The molecule has 0 atom stereocenters. The highest BCUT2D eigenvalue weighted by Gasteiger charge is 1.89. The highest BCUT2D eigenvalue weighted by atomic mass is 35.5. The summed E-state index contributed by atoms with van der Waals surface area (Å²) < 4.78 is 0. The summed E-state index contributed by atoms with van der Waals surface area (Å²) >= 11 is 5.78. The van der Waals surface area contributed by atoms with Crippen LogP contribution in [0.15, 0.2) is 59.7 Å². The van der Waals surface area contributed by atoms with Gasteiger partial charge in [0.15, 0.2) is 0 Å². The van der Waals surface area contributed by atoms with Crippen LogP contribution in [-0.4, -0.2) is 6.21 Å². The van der Waals surface area contributed by atoms with E-state index in [1.165, 1.54) is 0 Å². The quantitative estimate of drug-likeness (QED) is 0.630. The van der Waals surface area contributed by atoms with Crippen molar-refractivity contribution in [3.05, 3.63) is 65.2 Å². The van der Waals surface area contributed by atoms with Gasteiger partial charge in [-0.2, -0.15) is 5.10 Å². The summed E-state index contributed by atoms with van der Waals surface area (Å²) in [5.41, 5.74) is 4.90. The van der Waals surface area contributed by atoms with Gasteiger partial charge in [-0.15, -0.1) is 0 Å². The summed E-state index contributed by atoms with van der Waals surface area (Å²) in [5.74, 6) is 0. The van der Waals surface area contributed by atoms with Gasteiger partial charge < -0.3 is 0 Å². The van der Waals surface area contributed by atoms with E-state index in [0.717, 1.165) is 16.3 Å². The maximum absolute atomic E-state index is 5.78. The maximum Gasteiger partial charge on any atom is 0.0562 e. The number of hydrazone groups is 1. The monoisotopic (exact) mass is 230 g/mol. The number of hydrogen-bond acceptors (Lipinski definition) is 2. The zero-order chi connectivity index (χ0) is 11.2. The average Bonchev–Trinajstić information content (AvgIpc) is 2.33. The van der Waals surface area contributed by atoms with Gasteiger partial charge in [0.05, 0.1) is 11.9 Å². The molecule has 0 bridgehead atoms. The van der Waals surface area contributed by atoms with Crippen molar-refractivity contribution in [1.82, 2.24) is 0 Å². The Hall–Kier alpha value is -1.80. The van der Waals surface area contributed by atoms with E-state index in [9.17, 15) is 0 Å². The highest BCUT2D eigenvalue weighted by molar-refractivity contribution is 6.30. The topological polar surface area (TPSA) is 24.4 Å². The molecule has 0 heterocycles. The molecule has 16 heavy (non-hydrogen) atoms.